The van der Waals surface area contributed by atoms with Gasteiger partial charge in [-0.2, -0.15) is 0 Å². The summed E-state index contributed by atoms with van der Waals surface area (Å²) in [5.41, 5.74) is 0.975. The van der Waals surface area contributed by atoms with Crippen molar-refractivity contribution in [1.29, 1.82) is 0 Å². The van der Waals surface area contributed by atoms with Crippen LogP contribution in [0.25, 0.3) is 5.69 Å². The molecular weight excluding hydrogens is 468 g/mol. The Bertz CT molecular complexity index is 1060. The van der Waals surface area contributed by atoms with E-state index < -0.39 is 0 Å². The number of piperidine rings is 1. The fourth-order valence-electron chi connectivity index (χ4n) is 3.88. The first-order chi connectivity index (χ1) is 16.7. The Morgan fingerprint density at radius 3 is 2.59 bits per heavy atom. The fourth-order valence-corrected chi connectivity index (χ4v) is 5.37. The molecule has 3 aromatic rings. The molecule has 1 saturated heterocycles. The highest BCUT2D eigenvalue weighted by Crippen LogP contribution is 2.28. The van der Waals surface area contributed by atoms with Gasteiger partial charge in [0.1, 0.15) is 0 Å². The molecule has 1 aliphatic heterocycles. The van der Waals surface area contributed by atoms with Crippen LogP contribution in [-0.4, -0.2) is 63.4 Å². The zero-order valence-corrected chi connectivity index (χ0v) is 21.0. The van der Waals surface area contributed by atoms with Crippen molar-refractivity contribution in [3.63, 3.8) is 0 Å². The number of aromatic nitrogens is 3. The highest BCUT2D eigenvalue weighted by molar-refractivity contribution is 7.99. The number of carbonyl (C=O) groups is 2. The van der Waals surface area contributed by atoms with Gasteiger partial charge < -0.3 is 15.1 Å². The number of nitrogens with zero attached hydrogens (tertiary/aromatic N) is 5. The first-order valence-corrected chi connectivity index (χ1v) is 13.5. The monoisotopic (exact) mass is 498 g/mol. The summed E-state index contributed by atoms with van der Waals surface area (Å²) < 4.78 is 2.04. The molecule has 0 atom stereocenters. The predicted octanol–water partition coefficient (Wildman–Crippen LogP) is 3.58. The van der Waals surface area contributed by atoms with Crippen molar-refractivity contribution in [2.45, 2.75) is 37.9 Å². The second-order valence-electron chi connectivity index (χ2n) is 8.05. The molecule has 0 bridgehead atoms. The number of anilines is 1. The van der Waals surface area contributed by atoms with Gasteiger partial charge in [0.15, 0.2) is 5.16 Å². The maximum atomic E-state index is 12.9. The van der Waals surface area contributed by atoms with Crippen LogP contribution < -0.4 is 10.2 Å². The number of rotatable bonds is 10. The lowest BCUT2D eigenvalue weighted by molar-refractivity contribution is -0.133. The third kappa shape index (κ3) is 6.18. The van der Waals surface area contributed by atoms with Gasteiger partial charge >= 0.3 is 0 Å². The summed E-state index contributed by atoms with van der Waals surface area (Å²) in [6.07, 6.45) is 3.52. The Labute approximate surface area is 208 Å². The Kier molecular flexibility index (Phi) is 8.59. The van der Waals surface area contributed by atoms with Crippen LogP contribution in [0.4, 0.5) is 5.95 Å². The topological polar surface area (TPSA) is 83.4 Å². The molecule has 180 valence electrons. The lowest BCUT2D eigenvalue weighted by Crippen LogP contribution is -2.41. The lowest BCUT2D eigenvalue weighted by Gasteiger charge is -2.27. The smallest absolute Gasteiger partial charge is 0.239 e. The van der Waals surface area contributed by atoms with Crippen LogP contribution in [0.5, 0.6) is 0 Å². The highest BCUT2D eigenvalue weighted by Gasteiger charge is 2.23. The Hall–Kier alpha value is -2.85. The Morgan fingerprint density at radius 2 is 1.88 bits per heavy atom. The summed E-state index contributed by atoms with van der Waals surface area (Å²) in [5, 5.41) is 14.5. The van der Waals surface area contributed by atoms with Crippen LogP contribution in [-0.2, 0) is 16.1 Å². The summed E-state index contributed by atoms with van der Waals surface area (Å²) in [7, 11) is 0. The lowest BCUT2D eigenvalue weighted by atomic mass is 10.1. The van der Waals surface area contributed by atoms with Gasteiger partial charge in [-0.1, -0.05) is 36.0 Å². The zero-order valence-electron chi connectivity index (χ0n) is 19.4. The number of carbonyl (C=O) groups excluding carboxylic acids is 2. The van der Waals surface area contributed by atoms with Gasteiger partial charge in [0, 0.05) is 24.5 Å². The standard InChI is InChI=1S/C24H30N6O2S2/c1-2-28(17-21(31)25-16-20-12-9-15-33-20)22(32)18-34-24-27-26-23(29-13-7-4-8-14-29)30(24)19-10-5-3-6-11-19/h3,5-6,9-12,15H,2,4,7-8,13-14,16-18H2,1H3,(H,25,31). The van der Waals surface area contributed by atoms with Gasteiger partial charge in [-0.05, 0) is 49.8 Å². The average Bonchev–Trinajstić information content (AvgIpc) is 3.56. The van der Waals surface area contributed by atoms with E-state index in [2.05, 4.69) is 20.4 Å². The molecule has 2 aromatic heterocycles. The molecule has 8 nitrogen and oxygen atoms in total. The number of hydrogen-bond donors (Lipinski definition) is 1. The minimum atomic E-state index is -0.159. The molecule has 34 heavy (non-hydrogen) atoms. The molecule has 4 rings (SSSR count). The number of benzene rings is 1. The number of nitrogens with one attached hydrogen (secondary N) is 1. The summed E-state index contributed by atoms with van der Waals surface area (Å²) in [4.78, 5) is 30.2. The van der Waals surface area contributed by atoms with Crippen molar-refractivity contribution in [3.05, 3.63) is 52.7 Å². The maximum Gasteiger partial charge on any atom is 0.239 e. The molecule has 1 aromatic carbocycles. The van der Waals surface area contributed by atoms with E-state index in [9.17, 15) is 9.59 Å². The van der Waals surface area contributed by atoms with Crippen LogP contribution in [0, 0.1) is 0 Å². The molecular formula is C24H30N6O2S2. The average molecular weight is 499 g/mol. The predicted molar refractivity (Wildman–Crippen MR) is 137 cm³/mol. The van der Waals surface area contributed by atoms with Crippen molar-refractivity contribution in [2.75, 3.05) is 36.8 Å². The summed E-state index contributed by atoms with van der Waals surface area (Å²) in [5.74, 6) is 0.757. The van der Waals surface area contributed by atoms with Crippen molar-refractivity contribution < 1.29 is 9.59 Å². The van der Waals surface area contributed by atoms with E-state index in [0.717, 1.165) is 42.4 Å². The number of para-hydroxylation sites is 1. The summed E-state index contributed by atoms with van der Waals surface area (Å²) in [6.45, 7) is 4.80. The normalized spacial score (nSPS) is 13.6. The number of thiophene rings is 1. The van der Waals surface area contributed by atoms with E-state index in [-0.39, 0.29) is 24.1 Å². The third-order valence-electron chi connectivity index (χ3n) is 5.70. The molecule has 0 unspecified atom stereocenters. The maximum absolute atomic E-state index is 12.9. The molecule has 10 heteroatoms. The van der Waals surface area contributed by atoms with Gasteiger partial charge in [-0.3, -0.25) is 14.2 Å². The van der Waals surface area contributed by atoms with Crippen molar-refractivity contribution >= 4 is 40.9 Å². The summed E-state index contributed by atoms with van der Waals surface area (Å²) >= 11 is 2.95. The first kappa shape index (κ1) is 24.3. The van der Waals surface area contributed by atoms with Crippen molar-refractivity contribution in [3.8, 4) is 5.69 Å². The first-order valence-electron chi connectivity index (χ1n) is 11.6. The quantitative estimate of drug-likeness (QED) is 0.430. The van der Waals surface area contributed by atoms with Crippen LogP contribution in [0.15, 0.2) is 53.0 Å². The molecule has 0 saturated carbocycles. The minimum Gasteiger partial charge on any atom is -0.350 e. The molecule has 3 heterocycles. The second kappa shape index (κ2) is 12.0. The van der Waals surface area contributed by atoms with Gasteiger partial charge in [0.05, 0.1) is 24.5 Å². The van der Waals surface area contributed by atoms with Crippen LogP contribution in [0.1, 0.15) is 31.1 Å². The number of likely N-dealkylation sites (N-methyl/N-ethyl adjacent to an activating group) is 1. The van der Waals surface area contributed by atoms with E-state index in [1.54, 1.807) is 16.2 Å². The Morgan fingerprint density at radius 1 is 1.09 bits per heavy atom. The van der Waals surface area contributed by atoms with E-state index in [1.165, 1.54) is 18.2 Å². The minimum absolute atomic E-state index is 0.0473. The number of amides is 2. The molecule has 0 aliphatic carbocycles. The van der Waals surface area contributed by atoms with E-state index in [0.29, 0.717) is 18.2 Å². The highest BCUT2D eigenvalue weighted by atomic mass is 32.2. The zero-order chi connectivity index (χ0) is 23.8. The summed E-state index contributed by atoms with van der Waals surface area (Å²) in [6, 6.07) is 13.9. The van der Waals surface area contributed by atoms with E-state index in [4.69, 9.17) is 0 Å². The van der Waals surface area contributed by atoms with Crippen molar-refractivity contribution in [1.82, 2.24) is 25.0 Å². The largest absolute Gasteiger partial charge is 0.350 e. The molecule has 1 aliphatic rings. The SMILES string of the molecule is CCN(CC(=O)NCc1cccs1)C(=O)CSc1nnc(N2CCCCC2)n1-c1ccccc1. The molecule has 0 spiro atoms. The van der Waals surface area contributed by atoms with Gasteiger partial charge in [0.25, 0.3) is 0 Å². The number of hydrogen-bond acceptors (Lipinski definition) is 7. The Balaban J connectivity index is 1.41. The molecule has 0 radical (unpaired) electrons. The molecule has 2 amide bonds. The van der Waals surface area contributed by atoms with Crippen LogP contribution in [0.2, 0.25) is 0 Å². The fraction of sp³-hybridized carbons (Fsp3) is 0.417. The second-order valence-corrected chi connectivity index (χ2v) is 10.0. The number of thioether (sulfide) groups is 1. The van der Waals surface area contributed by atoms with E-state index in [1.807, 2.05) is 59.3 Å². The third-order valence-corrected chi connectivity index (χ3v) is 7.49. The van der Waals surface area contributed by atoms with Gasteiger partial charge in [0.2, 0.25) is 17.8 Å². The van der Waals surface area contributed by atoms with Gasteiger partial charge in [-0.15, -0.1) is 21.5 Å². The van der Waals surface area contributed by atoms with Crippen molar-refractivity contribution in [2.24, 2.45) is 0 Å². The molecule has 1 N–H and O–H groups in total. The van der Waals surface area contributed by atoms with Gasteiger partial charge in [-0.25, -0.2) is 0 Å². The van der Waals surface area contributed by atoms with Crippen LogP contribution >= 0.6 is 23.1 Å². The van der Waals surface area contributed by atoms with E-state index >= 15 is 0 Å². The van der Waals surface area contributed by atoms with Crippen LogP contribution in [0.3, 0.4) is 0 Å². The molecule has 1 fully saturated rings.